The van der Waals surface area contributed by atoms with Crippen LogP contribution in [0, 0.1) is 11.3 Å². The molecular formula is C39H21N3O3. The molecular weight excluding hydrogens is 558 g/mol. The van der Waals surface area contributed by atoms with Gasteiger partial charge in [-0.15, -0.1) is 0 Å². The second-order valence-corrected chi connectivity index (χ2v) is 11.2. The van der Waals surface area contributed by atoms with Crippen molar-refractivity contribution in [2.75, 3.05) is 4.90 Å². The highest BCUT2D eigenvalue weighted by Gasteiger charge is 2.28. The van der Waals surface area contributed by atoms with Gasteiger partial charge in [0.05, 0.1) is 39.6 Å². The first-order valence-corrected chi connectivity index (χ1v) is 14.6. The Balaban J connectivity index is 1.37. The molecule has 0 unspecified atom stereocenters. The van der Waals surface area contributed by atoms with Gasteiger partial charge in [-0.25, -0.2) is 0 Å². The van der Waals surface area contributed by atoms with E-state index in [-0.39, 0.29) is 10.9 Å². The highest BCUT2D eigenvalue weighted by molar-refractivity contribution is 6.09. The Bertz CT molecular complexity index is 2670. The van der Waals surface area contributed by atoms with Crippen LogP contribution in [0.25, 0.3) is 49.2 Å². The zero-order valence-corrected chi connectivity index (χ0v) is 23.7. The summed E-state index contributed by atoms with van der Waals surface area (Å²) >= 11 is 0. The molecule has 1 aliphatic rings. The van der Waals surface area contributed by atoms with Gasteiger partial charge in [0.1, 0.15) is 0 Å². The van der Waals surface area contributed by atoms with Gasteiger partial charge in [0.25, 0.3) is 0 Å². The Labute approximate surface area is 256 Å². The second kappa shape index (κ2) is 9.27. The van der Waals surface area contributed by atoms with Crippen molar-refractivity contribution in [3.8, 4) is 28.7 Å². The fraction of sp³-hybridized carbons (Fsp3) is 0. The van der Waals surface area contributed by atoms with E-state index in [1.165, 1.54) is 0 Å². The lowest BCUT2D eigenvalue weighted by Gasteiger charge is -2.33. The van der Waals surface area contributed by atoms with Crippen LogP contribution in [-0.2, 0) is 0 Å². The summed E-state index contributed by atoms with van der Waals surface area (Å²) in [7, 11) is 0. The summed E-state index contributed by atoms with van der Waals surface area (Å²) in [6, 6.07) is 42.6. The fourth-order valence-corrected chi connectivity index (χ4v) is 6.66. The highest BCUT2D eigenvalue weighted by Crippen LogP contribution is 2.51. The van der Waals surface area contributed by atoms with Crippen LogP contribution >= 0.6 is 0 Å². The minimum Gasteiger partial charge on any atom is -0.453 e. The van der Waals surface area contributed by atoms with Crippen molar-refractivity contribution >= 4 is 55.2 Å². The lowest BCUT2D eigenvalue weighted by molar-refractivity contribution is 0.477. The maximum Gasteiger partial charge on any atom is 0.197 e. The third-order valence-electron chi connectivity index (χ3n) is 8.72. The molecule has 0 N–H and O–H groups in total. The van der Waals surface area contributed by atoms with Crippen LogP contribution in [0.1, 0.15) is 5.56 Å². The number of ether oxygens (including phenoxy) is 1. The summed E-state index contributed by atoms with van der Waals surface area (Å²) in [4.78, 5) is 29.9. The molecule has 0 amide bonds. The fourth-order valence-electron chi connectivity index (χ4n) is 6.66. The number of anilines is 3. The first kappa shape index (κ1) is 25.1. The molecule has 0 radical (unpaired) electrons. The van der Waals surface area contributed by atoms with E-state index >= 15 is 0 Å². The maximum atomic E-state index is 14.2. The molecule has 0 aliphatic carbocycles. The van der Waals surface area contributed by atoms with E-state index in [1.807, 2.05) is 59.0 Å². The zero-order chi connectivity index (χ0) is 30.2. The number of benzene rings is 6. The molecule has 3 heterocycles. The predicted octanol–water partition coefficient (Wildman–Crippen LogP) is 8.67. The Hall–Kier alpha value is -6.45. The summed E-state index contributed by atoms with van der Waals surface area (Å²) < 4.78 is 8.44. The number of hydrogen-bond donors (Lipinski definition) is 0. The maximum absolute atomic E-state index is 14.2. The van der Waals surface area contributed by atoms with E-state index in [1.54, 1.807) is 36.4 Å². The van der Waals surface area contributed by atoms with E-state index in [9.17, 15) is 14.9 Å². The molecule has 6 nitrogen and oxygen atoms in total. The minimum atomic E-state index is -0.174. The Morgan fingerprint density at radius 2 is 1.24 bits per heavy atom. The third-order valence-corrected chi connectivity index (χ3v) is 8.72. The summed E-state index contributed by atoms with van der Waals surface area (Å²) in [6.07, 6.45) is 0. The van der Waals surface area contributed by atoms with Gasteiger partial charge < -0.3 is 14.0 Å². The molecule has 6 aromatic carbocycles. The Morgan fingerprint density at radius 3 is 2.02 bits per heavy atom. The topological polar surface area (TPSA) is 74.8 Å². The minimum absolute atomic E-state index is 0.174. The van der Waals surface area contributed by atoms with Gasteiger partial charge in [-0.1, -0.05) is 60.7 Å². The molecule has 9 rings (SSSR count). The van der Waals surface area contributed by atoms with E-state index in [0.717, 1.165) is 28.2 Å². The van der Waals surface area contributed by atoms with Crippen molar-refractivity contribution in [2.24, 2.45) is 0 Å². The Kier molecular flexibility index (Phi) is 5.17. The van der Waals surface area contributed by atoms with Gasteiger partial charge >= 0.3 is 0 Å². The van der Waals surface area contributed by atoms with Crippen molar-refractivity contribution < 1.29 is 4.74 Å². The van der Waals surface area contributed by atoms with E-state index in [4.69, 9.17) is 4.74 Å². The predicted molar refractivity (Wildman–Crippen MR) is 179 cm³/mol. The number of nitrogens with zero attached hydrogens (tertiary/aromatic N) is 3. The van der Waals surface area contributed by atoms with Crippen LogP contribution < -0.4 is 20.5 Å². The van der Waals surface area contributed by atoms with Crippen molar-refractivity contribution in [2.45, 2.75) is 0 Å². The van der Waals surface area contributed by atoms with E-state index in [2.05, 4.69) is 47.4 Å². The molecule has 45 heavy (non-hydrogen) atoms. The quantitative estimate of drug-likeness (QED) is 0.151. The molecule has 0 bridgehead atoms. The van der Waals surface area contributed by atoms with Crippen LogP contribution in [-0.4, -0.2) is 4.40 Å². The molecule has 2 aromatic heterocycles. The molecule has 0 fully saturated rings. The van der Waals surface area contributed by atoms with Crippen LogP contribution in [0.4, 0.5) is 17.1 Å². The first-order valence-electron chi connectivity index (χ1n) is 14.6. The Morgan fingerprint density at radius 1 is 0.556 bits per heavy atom. The number of nitriles is 1. The zero-order valence-electron chi connectivity index (χ0n) is 23.7. The van der Waals surface area contributed by atoms with Crippen molar-refractivity contribution in [3.05, 3.63) is 153 Å². The average Bonchev–Trinajstić information content (AvgIpc) is 3.10. The van der Waals surface area contributed by atoms with Crippen molar-refractivity contribution in [3.63, 3.8) is 0 Å². The molecule has 8 aromatic rings. The standard InChI is InChI=1S/C39H21N3O3/c40-22-23-13-18-27-32(19-23)42-33-21-36-34(20-30(33)39(44)29-10-6-9-28(37(29)42)38(27)43)41(31-11-4-5-12-35(31)45-36)26-16-14-25(15-17-26)24-7-2-1-3-8-24/h1-21H. The number of rotatable bonds is 2. The molecule has 0 saturated heterocycles. The van der Waals surface area contributed by atoms with Gasteiger partial charge in [-0.2, -0.15) is 5.26 Å². The first-order chi connectivity index (χ1) is 22.1. The third kappa shape index (κ3) is 3.55. The smallest absolute Gasteiger partial charge is 0.197 e. The lowest BCUT2D eigenvalue weighted by Crippen LogP contribution is -2.18. The molecule has 0 spiro atoms. The van der Waals surface area contributed by atoms with Crippen LogP contribution in [0.3, 0.4) is 0 Å². The number of hydrogen-bond acceptors (Lipinski definition) is 5. The second-order valence-electron chi connectivity index (χ2n) is 11.2. The van der Waals surface area contributed by atoms with Gasteiger partial charge in [-0.3, -0.25) is 9.59 Å². The summed E-state index contributed by atoms with van der Waals surface area (Å²) in [5, 5.41) is 11.6. The average molecular weight is 580 g/mol. The molecule has 0 atom stereocenters. The van der Waals surface area contributed by atoms with Crippen LogP contribution in [0.15, 0.2) is 137 Å². The summed E-state index contributed by atoms with van der Waals surface area (Å²) in [5.74, 6) is 1.25. The largest absolute Gasteiger partial charge is 0.453 e. The monoisotopic (exact) mass is 579 g/mol. The normalized spacial score (nSPS) is 12.3. The lowest BCUT2D eigenvalue weighted by atomic mass is 10.0. The van der Waals surface area contributed by atoms with Gasteiger partial charge in [0.15, 0.2) is 22.4 Å². The molecule has 1 aliphatic heterocycles. The molecule has 0 saturated carbocycles. The van der Waals surface area contributed by atoms with Crippen LogP contribution in [0.5, 0.6) is 11.5 Å². The van der Waals surface area contributed by atoms with Gasteiger partial charge in [0.2, 0.25) is 0 Å². The van der Waals surface area contributed by atoms with E-state index in [0.29, 0.717) is 55.2 Å². The molecule has 210 valence electrons. The highest BCUT2D eigenvalue weighted by atomic mass is 16.5. The number of fused-ring (bicyclic) bond motifs is 6. The SMILES string of the molecule is N#Cc1ccc2c(=O)c3cccc4c(=O)c5cc6c(cc5n(c2c1)c34)Oc1ccccc1N6c1ccc(-c2ccccc2)cc1. The van der Waals surface area contributed by atoms with Crippen LogP contribution in [0.2, 0.25) is 0 Å². The van der Waals surface area contributed by atoms with Gasteiger partial charge in [-0.05, 0) is 71.8 Å². The number of aromatic nitrogens is 1. The van der Waals surface area contributed by atoms with Gasteiger partial charge in [0, 0.05) is 33.3 Å². The van der Waals surface area contributed by atoms with E-state index < -0.39 is 0 Å². The summed E-state index contributed by atoms with van der Waals surface area (Å²) in [5.41, 5.74) is 6.51. The molecule has 6 heteroatoms. The van der Waals surface area contributed by atoms with Crippen molar-refractivity contribution in [1.29, 1.82) is 5.26 Å². The van der Waals surface area contributed by atoms with Crippen molar-refractivity contribution in [1.82, 2.24) is 4.40 Å². The number of pyridine rings is 2. The summed E-state index contributed by atoms with van der Waals surface area (Å²) in [6.45, 7) is 0. The number of para-hydroxylation sites is 3.